The molecule has 2 rings (SSSR count). The Balaban J connectivity index is 1.82. The molecule has 4 nitrogen and oxygen atoms in total. The highest BCUT2D eigenvalue weighted by atomic mass is 16.3. The Hall–Kier alpha value is -1.65. The van der Waals surface area contributed by atoms with Crippen LogP contribution in [-0.2, 0) is 13.6 Å². The maximum absolute atomic E-state index is 10.2. The summed E-state index contributed by atoms with van der Waals surface area (Å²) in [5.41, 5.74) is 2.20. The van der Waals surface area contributed by atoms with Gasteiger partial charge in [0, 0.05) is 26.0 Å². The van der Waals surface area contributed by atoms with Crippen LogP contribution in [0.2, 0.25) is 0 Å². The van der Waals surface area contributed by atoms with Crippen LogP contribution < -0.4 is 0 Å². The van der Waals surface area contributed by atoms with E-state index in [4.69, 9.17) is 0 Å². The first-order valence-corrected chi connectivity index (χ1v) is 6.95. The molecule has 4 heteroatoms. The van der Waals surface area contributed by atoms with Crippen LogP contribution in [0.1, 0.15) is 29.5 Å². The molecule has 0 saturated heterocycles. The minimum Gasteiger partial charge on any atom is -0.388 e. The van der Waals surface area contributed by atoms with Gasteiger partial charge in [0.2, 0.25) is 0 Å². The fraction of sp³-hybridized carbons (Fsp3) is 0.438. The maximum Gasteiger partial charge on any atom is 0.122 e. The summed E-state index contributed by atoms with van der Waals surface area (Å²) in [5.74, 6) is 1.04. The number of imidazole rings is 1. The Morgan fingerprint density at radius 2 is 2.00 bits per heavy atom. The second-order valence-corrected chi connectivity index (χ2v) is 5.41. The number of aliphatic hydroxyl groups is 1. The number of aromatic nitrogens is 2. The van der Waals surface area contributed by atoms with Gasteiger partial charge in [0.15, 0.2) is 0 Å². The lowest BCUT2D eigenvalue weighted by molar-refractivity contribution is 0.147. The van der Waals surface area contributed by atoms with Gasteiger partial charge in [-0.1, -0.05) is 29.8 Å². The first kappa shape index (κ1) is 14.8. The highest BCUT2D eigenvalue weighted by Crippen LogP contribution is 2.17. The SMILES string of the molecule is Cc1ccc(C(O)CCN(C)Cc2nccn2C)cc1. The Bertz CT molecular complexity index is 533. The molecule has 1 unspecified atom stereocenters. The number of benzene rings is 1. The largest absolute Gasteiger partial charge is 0.388 e. The summed E-state index contributed by atoms with van der Waals surface area (Å²) in [6, 6.07) is 8.07. The molecule has 0 aliphatic carbocycles. The molecule has 2 aromatic rings. The third kappa shape index (κ3) is 3.92. The summed E-state index contributed by atoms with van der Waals surface area (Å²) in [6.45, 7) is 3.68. The monoisotopic (exact) mass is 273 g/mol. The van der Waals surface area contributed by atoms with E-state index in [1.165, 1.54) is 5.56 Å². The van der Waals surface area contributed by atoms with E-state index >= 15 is 0 Å². The predicted molar refractivity (Wildman–Crippen MR) is 80.3 cm³/mol. The van der Waals surface area contributed by atoms with Gasteiger partial charge in [0.25, 0.3) is 0 Å². The fourth-order valence-electron chi connectivity index (χ4n) is 2.17. The average molecular weight is 273 g/mol. The quantitative estimate of drug-likeness (QED) is 0.878. The molecule has 0 aliphatic rings. The molecule has 1 heterocycles. The van der Waals surface area contributed by atoms with Crippen LogP contribution >= 0.6 is 0 Å². The number of aliphatic hydroxyl groups excluding tert-OH is 1. The molecule has 0 spiro atoms. The Labute approximate surface area is 120 Å². The minimum atomic E-state index is -0.403. The topological polar surface area (TPSA) is 41.3 Å². The highest BCUT2D eigenvalue weighted by Gasteiger charge is 2.10. The van der Waals surface area contributed by atoms with Gasteiger partial charge in [-0.2, -0.15) is 0 Å². The third-order valence-corrected chi connectivity index (χ3v) is 3.58. The molecule has 1 N–H and O–H groups in total. The number of rotatable bonds is 6. The molecule has 108 valence electrons. The summed E-state index contributed by atoms with van der Waals surface area (Å²) in [6.07, 6.45) is 4.08. The lowest BCUT2D eigenvalue weighted by atomic mass is 10.0. The van der Waals surface area contributed by atoms with Gasteiger partial charge in [-0.15, -0.1) is 0 Å². The van der Waals surface area contributed by atoms with Crippen molar-refractivity contribution in [2.75, 3.05) is 13.6 Å². The molecule has 0 amide bonds. The minimum absolute atomic E-state index is 0.403. The van der Waals surface area contributed by atoms with Crippen molar-refractivity contribution in [3.8, 4) is 0 Å². The van der Waals surface area contributed by atoms with Gasteiger partial charge >= 0.3 is 0 Å². The van der Waals surface area contributed by atoms with Crippen LogP contribution in [0.15, 0.2) is 36.7 Å². The summed E-state index contributed by atoms with van der Waals surface area (Å²) >= 11 is 0. The van der Waals surface area contributed by atoms with E-state index in [0.717, 1.165) is 30.9 Å². The molecule has 0 fully saturated rings. The standard InChI is InChI=1S/C16H23N3O/c1-13-4-6-14(7-5-13)15(20)8-10-18(2)12-16-17-9-11-19(16)3/h4-7,9,11,15,20H,8,10,12H2,1-3H3. The van der Waals surface area contributed by atoms with Crippen molar-refractivity contribution < 1.29 is 5.11 Å². The molecule has 0 bridgehead atoms. The summed E-state index contributed by atoms with van der Waals surface area (Å²) in [7, 11) is 4.05. The number of aryl methyl sites for hydroxylation is 2. The summed E-state index contributed by atoms with van der Waals surface area (Å²) < 4.78 is 2.02. The molecule has 1 atom stereocenters. The smallest absolute Gasteiger partial charge is 0.122 e. The van der Waals surface area contributed by atoms with Crippen LogP contribution in [0.3, 0.4) is 0 Å². The molecule has 0 saturated carbocycles. The first-order chi connectivity index (χ1) is 9.56. The lowest BCUT2D eigenvalue weighted by Crippen LogP contribution is -2.22. The van der Waals surface area contributed by atoms with E-state index in [1.807, 2.05) is 48.3 Å². The van der Waals surface area contributed by atoms with E-state index < -0.39 is 6.10 Å². The Morgan fingerprint density at radius 1 is 1.30 bits per heavy atom. The molecule has 0 radical (unpaired) electrons. The van der Waals surface area contributed by atoms with Crippen molar-refractivity contribution in [2.45, 2.75) is 26.0 Å². The van der Waals surface area contributed by atoms with Crippen molar-refractivity contribution in [1.29, 1.82) is 0 Å². The second kappa shape index (κ2) is 6.68. The van der Waals surface area contributed by atoms with Gasteiger partial charge in [0.1, 0.15) is 5.82 Å². The average Bonchev–Trinajstić information content (AvgIpc) is 2.82. The first-order valence-electron chi connectivity index (χ1n) is 6.95. The lowest BCUT2D eigenvalue weighted by Gasteiger charge is -2.19. The van der Waals surface area contributed by atoms with Crippen molar-refractivity contribution in [3.63, 3.8) is 0 Å². The van der Waals surface area contributed by atoms with Crippen molar-refractivity contribution in [1.82, 2.24) is 14.5 Å². The number of hydrogen-bond donors (Lipinski definition) is 1. The van der Waals surface area contributed by atoms with Gasteiger partial charge in [-0.3, -0.25) is 4.90 Å². The van der Waals surface area contributed by atoms with E-state index in [0.29, 0.717) is 0 Å². The molecular formula is C16H23N3O. The summed E-state index contributed by atoms with van der Waals surface area (Å²) in [5, 5.41) is 10.2. The third-order valence-electron chi connectivity index (χ3n) is 3.58. The molecule has 0 aliphatic heterocycles. The Kier molecular flexibility index (Phi) is 4.93. The van der Waals surface area contributed by atoms with E-state index in [2.05, 4.69) is 23.9 Å². The maximum atomic E-state index is 10.2. The number of nitrogens with zero attached hydrogens (tertiary/aromatic N) is 3. The van der Waals surface area contributed by atoms with Crippen molar-refractivity contribution in [3.05, 3.63) is 53.6 Å². The van der Waals surface area contributed by atoms with Crippen LogP contribution in [0.5, 0.6) is 0 Å². The van der Waals surface area contributed by atoms with Crippen LogP contribution in [0.4, 0.5) is 0 Å². The van der Waals surface area contributed by atoms with Gasteiger partial charge in [-0.05, 0) is 26.0 Å². The van der Waals surface area contributed by atoms with E-state index in [9.17, 15) is 5.11 Å². The van der Waals surface area contributed by atoms with Crippen LogP contribution in [-0.4, -0.2) is 33.1 Å². The fourth-order valence-corrected chi connectivity index (χ4v) is 2.17. The highest BCUT2D eigenvalue weighted by molar-refractivity contribution is 5.23. The van der Waals surface area contributed by atoms with E-state index in [-0.39, 0.29) is 0 Å². The van der Waals surface area contributed by atoms with Crippen molar-refractivity contribution in [2.24, 2.45) is 7.05 Å². The van der Waals surface area contributed by atoms with Gasteiger partial charge in [0.05, 0.1) is 12.6 Å². The zero-order valence-electron chi connectivity index (χ0n) is 12.5. The van der Waals surface area contributed by atoms with Crippen LogP contribution in [0.25, 0.3) is 0 Å². The normalized spacial score (nSPS) is 12.8. The van der Waals surface area contributed by atoms with E-state index in [1.54, 1.807) is 0 Å². The molecular weight excluding hydrogens is 250 g/mol. The molecule has 1 aromatic carbocycles. The molecule has 1 aromatic heterocycles. The van der Waals surface area contributed by atoms with Gasteiger partial charge < -0.3 is 9.67 Å². The van der Waals surface area contributed by atoms with Crippen LogP contribution in [0, 0.1) is 6.92 Å². The predicted octanol–water partition coefficient (Wildman–Crippen LogP) is 2.28. The zero-order valence-corrected chi connectivity index (χ0v) is 12.5. The zero-order chi connectivity index (χ0) is 14.5. The van der Waals surface area contributed by atoms with Crippen molar-refractivity contribution >= 4 is 0 Å². The second-order valence-electron chi connectivity index (χ2n) is 5.41. The number of hydrogen-bond acceptors (Lipinski definition) is 3. The molecule has 20 heavy (non-hydrogen) atoms. The van der Waals surface area contributed by atoms with Gasteiger partial charge in [-0.25, -0.2) is 4.98 Å². The Morgan fingerprint density at radius 3 is 2.60 bits per heavy atom. The summed E-state index contributed by atoms with van der Waals surface area (Å²) in [4.78, 5) is 6.49.